The Hall–Kier alpha value is -3.19. The Morgan fingerprint density at radius 1 is 1.17 bits per heavy atom. The van der Waals surface area contributed by atoms with Gasteiger partial charge in [0.1, 0.15) is 5.75 Å². The van der Waals surface area contributed by atoms with Gasteiger partial charge in [-0.3, -0.25) is 20.0 Å². The average molecular weight is 392 g/mol. The highest BCUT2D eigenvalue weighted by Gasteiger charge is 2.26. The fraction of sp³-hybridized carbons (Fsp3) is 0.318. The molecule has 1 saturated heterocycles. The molecule has 0 aliphatic carbocycles. The van der Waals surface area contributed by atoms with Crippen LogP contribution in [0, 0.1) is 10.1 Å². The van der Waals surface area contributed by atoms with Crippen molar-refractivity contribution in [1.82, 2.24) is 9.88 Å². The molecule has 7 nitrogen and oxygen atoms in total. The number of nitro groups is 1. The summed E-state index contributed by atoms with van der Waals surface area (Å²) in [7, 11) is 1.70. The van der Waals surface area contributed by atoms with E-state index in [1.807, 2.05) is 24.3 Å². The lowest BCUT2D eigenvalue weighted by Gasteiger charge is -2.30. The van der Waals surface area contributed by atoms with E-state index in [0.717, 1.165) is 35.5 Å². The number of nitrogens with one attached hydrogen (secondary N) is 1. The number of aromatic nitrogens is 1. The van der Waals surface area contributed by atoms with Crippen molar-refractivity contribution in [3.8, 4) is 5.75 Å². The number of hydrogen-bond acceptors (Lipinski definition) is 6. The third kappa shape index (κ3) is 3.86. The highest BCUT2D eigenvalue weighted by atomic mass is 16.6. The van der Waals surface area contributed by atoms with E-state index in [-0.39, 0.29) is 16.7 Å². The minimum absolute atomic E-state index is 0.0690. The third-order valence-electron chi connectivity index (χ3n) is 5.56. The number of pyridine rings is 1. The topological polar surface area (TPSA) is 80.5 Å². The molecule has 150 valence electrons. The van der Waals surface area contributed by atoms with Gasteiger partial charge in [-0.1, -0.05) is 18.2 Å². The number of methoxy groups -OCH3 is 1. The number of benzene rings is 2. The van der Waals surface area contributed by atoms with E-state index in [4.69, 9.17) is 4.74 Å². The second-order valence-electron chi connectivity index (χ2n) is 7.19. The van der Waals surface area contributed by atoms with Crippen LogP contribution in [0.3, 0.4) is 0 Å². The second kappa shape index (κ2) is 8.45. The quantitative estimate of drug-likeness (QED) is 0.474. The molecular weight excluding hydrogens is 368 g/mol. The molecule has 2 aromatic carbocycles. The molecule has 1 unspecified atom stereocenters. The molecule has 1 N–H and O–H groups in total. The van der Waals surface area contributed by atoms with Crippen molar-refractivity contribution in [2.75, 3.05) is 32.1 Å². The molecule has 0 saturated carbocycles. The Kier molecular flexibility index (Phi) is 5.57. The molecule has 1 atom stereocenters. The first-order valence-electron chi connectivity index (χ1n) is 9.81. The molecule has 1 aliphatic heterocycles. The summed E-state index contributed by atoms with van der Waals surface area (Å²) in [5, 5.41) is 16.2. The number of para-hydroxylation sites is 1. The maximum atomic E-state index is 11.4. The van der Waals surface area contributed by atoms with Crippen molar-refractivity contribution in [2.24, 2.45) is 0 Å². The van der Waals surface area contributed by atoms with Gasteiger partial charge in [-0.2, -0.15) is 0 Å². The van der Waals surface area contributed by atoms with Gasteiger partial charge in [0.15, 0.2) is 0 Å². The van der Waals surface area contributed by atoms with Crippen LogP contribution in [-0.4, -0.2) is 41.6 Å². The summed E-state index contributed by atoms with van der Waals surface area (Å²) >= 11 is 0. The molecule has 0 bridgehead atoms. The van der Waals surface area contributed by atoms with Crippen molar-refractivity contribution in [1.29, 1.82) is 0 Å². The van der Waals surface area contributed by atoms with E-state index in [1.165, 1.54) is 12.8 Å². The van der Waals surface area contributed by atoms with E-state index in [0.29, 0.717) is 11.9 Å². The molecular formula is C22H24N4O3. The summed E-state index contributed by atoms with van der Waals surface area (Å²) < 4.78 is 5.61. The summed E-state index contributed by atoms with van der Waals surface area (Å²) in [6, 6.07) is 13.4. The Bertz CT molecular complexity index is 1020. The van der Waals surface area contributed by atoms with Crippen LogP contribution in [0.15, 0.2) is 54.9 Å². The SMILES string of the molecule is COc1ccccc1C(CNc1ccc([N+](=O)[O-])c2cnccc12)N1CCCC1. The fourth-order valence-corrected chi connectivity index (χ4v) is 4.13. The van der Waals surface area contributed by atoms with Crippen molar-refractivity contribution in [3.05, 3.63) is 70.5 Å². The maximum Gasteiger partial charge on any atom is 0.278 e. The van der Waals surface area contributed by atoms with Crippen LogP contribution in [0.1, 0.15) is 24.4 Å². The van der Waals surface area contributed by atoms with Gasteiger partial charge in [-0.25, -0.2) is 0 Å². The summed E-state index contributed by atoms with van der Waals surface area (Å²) in [6.45, 7) is 2.78. The number of anilines is 1. The van der Waals surface area contributed by atoms with Gasteiger partial charge >= 0.3 is 0 Å². The number of likely N-dealkylation sites (tertiary alicyclic amines) is 1. The first-order chi connectivity index (χ1) is 14.2. The zero-order valence-corrected chi connectivity index (χ0v) is 16.4. The smallest absolute Gasteiger partial charge is 0.278 e. The fourth-order valence-electron chi connectivity index (χ4n) is 4.13. The lowest BCUT2D eigenvalue weighted by Crippen LogP contribution is -2.31. The number of non-ortho nitro benzene ring substituents is 1. The molecule has 1 aliphatic rings. The molecule has 7 heteroatoms. The zero-order chi connectivity index (χ0) is 20.2. The van der Waals surface area contributed by atoms with E-state index >= 15 is 0 Å². The lowest BCUT2D eigenvalue weighted by molar-refractivity contribution is -0.383. The summed E-state index contributed by atoms with van der Waals surface area (Å²) in [5.74, 6) is 0.879. The minimum Gasteiger partial charge on any atom is -0.496 e. The molecule has 2 heterocycles. The number of hydrogen-bond donors (Lipinski definition) is 1. The monoisotopic (exact) mass is 392 g/mol. The summed E-state index contributed by atoms with van der Waals surface area (Å²) in [4.78, 5) is 17.5. The molecule has 1 fully saturated rings. The van der Waals surface area contributed by atoms with Crippen LogP contribution in [0.2, 0.25) is 0 Å². The standard InChI is InChI=1S/C22H24N4O3/c1-29-22-7-3-2-6-17(22)21(25-12-4-5-13-25)15-24-19-8-9-20(26(27)28)18-14-23-11-10-16(18)19/h2-3,6-11,14,21,24H,4-5,12-13,15H2,1H3. The predicted octanol–water partition coefficient (Wildman–Crippen LogP) is 4.40. The Labute approximate surface area is 169 Å². The van der Waals surface area contributed by atoms with Crippen LogP contribution in [0.25, 0.3) is 10.8 Å². The second-order valence-corrected chi connectivity index (χ2v) is 7.19. The van der Waals surface area contributed by atoms with Crippen LogP contribution in [0.5, 0.6) is 5.75 Å². The molecule has 3 aromatic rings. The number of nitro benzene ring substituents is 1. The first-order valence-corrected chi connectivity index (χ1v) is 9.81. The Morgan fingerprint density at radius 3 is 2.72 bits per heavy atom. The van der Waals surface area contributed by atoms with Crippen molar-refractivity contribution < 1.29 is 9.66 Å². The molecule has 0 radical (unpaired) electrons. The molecule has 1 aromatic heterocycles. The third-order valence-corrected chi connectivity index (χ3v) is 5.56. The average Bonchev–Trinajstić information content (AvgIpc) is 3.28. The number of nitrogens with zero attached hydrogens (tertiary/aromatic N) is 3. The van der Waals surface area contributed by atoms with Crippen LogP contribution in [0.4, 0.5) is 11.4 Å². The maximum absolute atomic E-state index is 11.4. The Morgan fingerprint density at radius 2 is 1.97 bits per heavy atom. The minimum atomic E-state index is -0.365. The van der Waals surface area contributed by atoms with Crippen LogP contribution < -0.4 is 10.1 Å². The van der Waals surface area contributed by atoms with Crippen LogP contribution >= 0.6 is 0 Å². The van der Waals surface area contributed by atoms with Crippen molar-refractivity contribution >= 4 is 22.1 Å². The number of fused-ring (bicyclic) bond motifs is 1. The van der Waals surface area contributed by atoms with Gasteiger partial charge in [-0.15, -0.1) is 0 Å². The van der Waals surface area contributed by atoms with Gasteiger partial charge in [0.2, 0.25) is 0 Å². The number of rotatable bonds is 7. The van der Waals surface area contributed by atoms with E-state index in [9.17, 15) is 10.1 Å². The number of ether oxygens (including phenoxy) is 1. The normalized spacial score (nSPS) is 15.3. The van der Waals surface area contributed by atoms with Crippen molar-refractivity contribution in [3.63, 3.8) is 0 Å². The van der Waals surface area contributed by atoms with Crippen molar-refractivity contribution in [2.45, 2.75) is 18.9 Å². The van der Waals surface area contributed by atoms with Gasteiger partial charge in [-0.05, 0) is 44.1 Å². The molecule has 0 spiro atoms. The summed E-state index contributed by atoms with van der Waals surface area (Å²) in [6.07, 6.45) is 5.60. The van der Waals surface area contributed by atoms with Gasteiger partial charge in [0.25, 0.3) is 5.69 Å². The predicted molar refractivity (Wildman–Crippen MR) is 113 cm³/mol. The van der Waals surface area contributed by atoms with E-state index < -0.39 is 0 Å². The van der Waals surface area contributed by atoms with Gasteiger partial charge in [0, 0.05) is 41.6 Å². The molecule has 0 amide bonds. The first kappa shape index (κ1) is 19.1. The largest absolute Gasteiger partial charge is 0.496 e. The van der Waals surface area contributed by atoms with Crippen LogP contribution in [-0.2, 0) is 0 Å². The highest BCUT2D eigenvalue weighted by Crippen LogP contribution is 2.34. The molecule has 29 heavy (non-hydrogen) atoms. The van der Waals surface area contributed by atoms with Gasteiger partial charge in [0.05, 0.1) is 23.5 Å². The Balaban J connectivity index is 1.66. The lowest BCUT2D eigenvalue weighted by atomic mass is 10.0. The van der Waals surface area contributed by atoms with E-state index in [2.05, 4.69) is 21.3 Å². The van der Waals surface area contributed by atoms with Gasteiger partial charge < -0.3 is 10.1 Å². The highest BCUT2D eigenvalue weighted by molar-refractivity contribution is 5.99. The summed E-state index contributed by atoms with van der Waals surface area (Å²) in [5.41, 5.74) is 2.09. The molecule has 4 rings (SSSR count). The van der Waals surface area contributed by atoms with E-state index in [1.54, 1.807) is 31.6 Å². The zero-order valence-electron chi connectivity index (χ0n) is 16.4.